The molecular formula is C17H12BrFN2O. The lowest BCUT2D eigenvalue weighted by Crippen LogP contribution is -2.24. The molecule has 0 aliphatic rings. The van der Waals surface area contributed by atoms with E-state index >= 15 is 0 Å². The average Bonchev–Trinajstić information content (AvgIpc) is 2.55. The molecule has 0 aliphatic carbocycles. The van der Waals surface area contributed by atoms with Crippen molar-refractivity contribution < 1.29 is 9.18 Å². The standard InChI is InChI=1S/C17H12BrFN2O/c18-13-6-7-14(19)12(9-13)10-20-17(22)16-8-5-11-3-1-2-4-15(11)21-16/h1-9H,10H2,(H,20,22). The van der Waals surface area contributed by atoms with Crippen LogP contribution in [0.1, 0.15) is 16.1 Å². The molecule has 0 radical (unpaired) electrons. The Morgan fingerprint density at radius 3 is 2.82 bits per heavy atom. The maximum Gasteiger partial charge on any atom is 0.270 e. The Bertz CT molecular complexity index is 851. The zero-order valence-corrected chi connectivity index (χ0v) is 13.1. The molecule has 22 heavy (non-hydrogen) atoms. The highest BCUT2D eigenvalue weighted by Crippen LogP contribution is 2.16. The Kier molecular flexibility index (Phi) is 4.15. The van der Waals surface area contributed by atoms with Crippen LogP contribution in [0.2, 0.25) is 0 Å². The van der Waals surface area contributed by atoms with Gasteiger partial charge in [0, 0.05) is 22.0 Å². The molecule has 0 unspecified atom stereocenters. The summed E-state index contributed by atoms with van der Waals surface area (Å²) in [5.74, 6) is -0.680. The van der Waals surface area contributed by atoms with E-state index in [1.165, 1.54) is 6.07 Å². The normalized spacial score (nSPS) is 10.6. The lowest BCUT2D eigenvalue weighted by Gasteiger charge is -2.07. The van der Waals surface area contributed by atoms with Crippen LogP contribution in [0.3, 0.4) is 0 Å². The second kappa shape index (κ2) is 6.23. The fraction of sp³-hybridized carbons (Fsp3) is 0.0588. The molecule has 0 fully saturated rings. The number of nitrogens with one attached hydrogen (secondary N) is 1. The third kappa shape index (κ3) is 3.14. The molecule has 110 valence electrons. The number of rotatable bonds is 3. The van der Waals surface area contributed by atoms with Gasteiger partial charge in [-0.1, -0.05) is 40.2 Å². The SMILES string of the molecule is O=C(NCc1cc(Br)ccc1F)c1ccc2ccccc2n1. The molecule has 0 spiro atoms. The van der Waals surface area contributed by atoms with Crippen LogP contribution in [0.15, 0.2) is 59.1 Å². The first-order valence-electron chi connectivity index (χ1n) is 6.71. The Hall–Kier alpha value is -2.27. The number of hydrogen-bond acceptors (Lipinski definition) is 2. The van der Waals surface area contributed by atoms with Gasteiger partial charge in [0.2, 0.25) is 0 Å². The molecule has 1 N–H and O–H groups in total. The van der Waals surface area contributed by atoms with E-state index in [-0.39, 0.29) is 18.3 Å². The molecule has 0 saturated heterocycles. The number of benzene rings is 2. The van der Waals surface area contributed by atoms with E-state index in [1.807, 2.05) is 30.3 Å². The van der Waals surface area contributed by atoms with Crippen molar-refractivity contribution in [3.05, 3.63) is 76.1 Å². The molecule has 1 heterocycles. The second-order valence-corrected chi connectivity index (χ2v) is 5.72. The molecular weight excluding hydrogens is 347 g/mol. The van der Waals surface area contributed by atoms with E-state index in [2.05, 4.69) is 26.2 Å². The van der Waals surface area contributed by atoms with E-state index in [4.69, 9.17) is 0 Å². The Labute approximate surface area is 135 Å². The summed E-state index contributed by atoms with van der Waals surface area (Å²) in [5, 5.41) is 3.66. The summed E-state index contributed by atoms with van der Waals surface area (Å²) < 4.78 is 14.4. The first kappa shape index (κ1) is 14.7. The number of aromatic nitrogens is 1. The second-order valence-electron chi connectivity index (χ2n) is 4.81. The molecule has 5 heteroatoms. The third-order valence-corrected chi connectivity index (χ3v) is 3.77. The number of para-hydroxylation sites is 1. The van der Waals surface area contributed by atoms with Gasteiger partial charge in [-0.3, -0.25) is 4.79 Å². The predicted molar refractivity (Wildman–Crippen MR) is 87.0 cm³/mol. The van der Waals surface area contributed by atoms with E-state index < -0.39 is 0 Å². The van der Waals surface area contributed by atoms with Gasteiger partial charge in [0.05, 0.1) is 5.52 Å². The molecule has 3 aromatic rings. The number of fused-ring (bicyclic) bond motifs is 1. The minimum Gasteiger partial charge on any atom is -0.347 e. The number of pyridine rings is 1. The van der Waals surface area contributed by atoms with Crippen LogP contribution >= 0.6 is 15.9 Å². The van der Waals surface area contributed by atoms with E-state index in [0.29, 0.717) is 11.3 Å². The summed E-state index contributed by atoms with van der Waals surface area (Å²) in [6, 6.07) is 15.7. The Morgan fingerprint density at radius 1 is 1.14 bits per heavy atom. The molecule has 2 aromatic carbocycles. The number of halogens is 2. The Morgan fingerprint density at radius 2 is 1.95 bits per heavy atom. The van der Waals surface area contributed by atoms with Crippen LogP contribution in [-0.4, -0.2) is 10.9 Å². The number of nitrogens with zero attached hydrogens (tertiary/aromatic N) is 1. The topological polar surface area (TPSA) is 42.0 Å². The van der Waals surface area contributed by atoms with Crippen molar-refractivity contribution in [3.63, 3.8) is 0 Å². The minimum absolute atomic E-state index is 0.110. The summed E-state index contributed by atoms with van der Waals surface area (Å²) in [6.45, 7) is 0.110. The summed E-state index contributed by atoms with van der Waals surface area (Å²) in [7, 11) is 0. The fourth-order valence-electron chi connectivity index (χ4n) is 2.14. The summed E-state index contributed by atoms with van der Waals surface area (Å²) >= 11 is 3.28. The Balaban J connectivity index is 1.77. The quantitative estimate of drug-likeness (QED) is 0.766. The van der Waals surface area contributed by atoms with Gasteiger partial charge in [0.25, 0.3) is 5.91 Å². The van der Waals surface area contributed by atoms with Gasteiger partial charge in [-0.25, -0.2) is 9.37 Å². The van der Waals surface area contributed by atoms with Crippen molar-refractivity contribution in [3.8, 4) is 0 Å². The molecule has 1 amide bonds. The van der Waals surface area contributed by atoms with Crippen molar-refractivity contribution in [1.29, 1.82) is 0 Å². The molecule has 1 aromatic heterocycles. The first-order chi connectivity index (χ1) is 10.6. The largest absolute Gasteiger partial charge is 0.347 e. The van der Waals surface area contributed by atoms with Crippen LogP contribution in [0, 0.1) is 5.82 Å². The highest BCUT2D eigenvalue weighted by Gasteiger charge is 2.09. The zero-order valence-electron chi connectivity index (χ0n) is 11.5. The molecule has 0 atom stereocenters. The molecule has 3 rings (SSSR count). The number of carbonyl (C=O) groups is 1. The number of carbonyl (C=O) groups excluding carboxylic acids is 1. The van der Waals surface area contributed by atoms with E-state index in [1.54, 1.807) is 18.2 Å². The zero-order chi connectivity index (χ0) is 15.5. The predicted octanol–water partition coefficient (Wildman–Crippen LogP) is 4.07. The lowest BCUT2D eigenvalue weighted by atomic mass is 10.2. The maximum atomic E-state index is 13.6. The summed E-state index contributed by atoms with van der Waals surface area (Å²) in [4.78, 5) is 16.5. The summed E-state index contributed by atoms with van der Waals surface area (Å²) in [6.07, 6.45) is 0. The van der Waals surface area contributed by atoms with E-state index in [0.717, 1.165) is 15.4 Å². The van der Waals surface area contributed by atoms with Gasteiger partial charge < -0.3 is 5.32 Å². The van der Waals surface area contributed by atoms with E-state index in [9.17, 15) is 9.18 Å². The van der Waals surface area contributed by atoms with Crippen molar-refractivity contribution in [2.45, 2.75) is 6.54 Å². The smallest absolute Gasteiger partial charge is 0.270 e. The van der Waals surface area contributed by atoms with Crippen molar-refractivity contribution >= 4 is 32.7 Å². The van der Waals surface area contributed by atoms with Gasteiger partial charge in [-0.15, -0.1) is 0 Å². The molecule has 3 nitrogen and oxygen atoms in total. The summed E-state index contributed by atoms with van der Waals surface area (Å²) in [5.41, 5.74) is 1.49. The van der Waals surface area contributed by atoms with Crippen LogP contribution in [0.4, 0.5) is 4.39 Å². The highest BCUT2D eigenvalue weighted by atomic mass is 79.9. The van der Waals surface area contributed by atoms with Gasteiger partial charge in [0.1, 0.15) is 11.5 Å². The van der Waals surface area contributed by atoms with Gasteiger partial charge in [-0.05, 0) is 30.3 Å². The van der Waals surface area contributed by atoms with Crippen LogP contribution < -0.4 is 5.32 Å². The van der Waals surface area contributed by atoms with Crippen LogP contribution in [0.25, 0.3) is 10.9 Å². The van der Waals surface area contributed by atoms with Gasteiger partial charge in [-0.2, -0.15) is 0 Å². The number of hydrogen-bond donors (Lipinski definition) is 1. The highest BCUT2D eigenvalue weighted by molar-refractivity contribution is 9.10. The average molecular weight is 359 g/mol. The maximum absolute atomic E-state index is 13.6. The van der Waals surface area contributed by atoms with Crippen molar-refractivity contribution in [2.24, 2.45) is 0 Å². The van der Waals surface area contributed by atoms with Crippen molar-refractivity contribution in [1.82, 2.24) is 10.3 Å². The number of amides is 1. The van der Waals surface area contributed by atoms with Crippen LogP contribution in [0.5, 0.6) is 0 Å². The fourth-order valence-corrected chi connectivity index (χ4v) is 2.55. The third-order valence-electron chi connectivity index (χ3n) is 3.28. The van der Waals surface area contributed by atoms with Crippen LogP contribution in [-0.2, 0) is 6.54 Å². The first-order valence-corrected chi connectivity index (χ1v) is 7.51. The molecule has 0 bridgehead atoms. The van der Waals surface area contributed by atoms with Crippen molar-refractivity contribution in [2.75, 3.05) is 0 Å². The van der Waals surface area contributed by atoms with Gasteiger partial charge in [0.15, 0.2) is 0 Å². The minimum atomic E-state index is -0.352. The molecule has 0 saturated carbocycles. The molecule has 0 aliphatic heterocycles. The monoisotopic (exact) mass is 358 g/mol. The van der Waals surface area contributed by atoms with Gasteiger partial charge >= 0.3 is 0 Å². The lowest BCUT2D eigenvalue weighted by molar-refractivity contribution is 0.0946.